The molecule has 31 heavy (non-hydrogen) atoms. The Kier molecular flexibility index (Phi) is 5.53. The first kappa shape index (κ1) is 20.7. The number of aromatic amines is 1. The normalized spacial score (nSPS) is 12.8. The van der Waals surface area contributed by atoms with Crippen molar-refractivity contribution in [2.75, 3.05) is 0 Å². The van der Waals surface area contributed by atoms with Crippen molar-refractivity contribution in [2.45, 2.75) is 45.6 Å². The van der Waals surface area contributed by atoms with E-state index in [2.05, 4.69) is 35.7 Å². The smallest absolute Gasteiger partial charge is 0.256 e. The molecule has 3 aromatic heterocycles. The van der Waals surface area contributed by atoms with Gasteiger partial charge in [-0.15, -0.1) is 15.3 Å². The summed E-state index contributed by atoms with van der Waals surface area (Å²) in [6.07, 6.45) is 2.50. The highest BCUT2D eigenvalue weighted by molar-refractivity contribution is 5.78. The third-order valence-corrected chi connectivity index (χ3v) is 4.99. The zero-order chi connectivity index (χ0) is 22.0. The van der Waals surface area contributed by atoms with Gasteiger partial charge in [0.25, 0.3) is 0 Å². The Labute approximate surface area is 177 Å². The summed E-state index contributed by atoms with van der Waals surface area (Å²) in [5, 5.41) is 18.2. The standard InChI is InChI=1S/C21H22F2N8/c1-4-11-31-19(25-20(28-31)21(3,22)23)13(2)14-9-10-17(24-12-14)15-7-5-6-8-16(15)18-26-29-30-27-18/h5-10,12-13H,4,11H2,1-3H3,(H,26,27,29,30). The number of benzene rings is 1. The second-order valence-electron chi connectivity index (χ2n) is 7.38. The van der Waals surface area contributed by atoms with Crippen molar-refractivity contribution >= 4 is 0 Å². The van der Waals surface area contributed by atoms with Gasteiger partial charge < -0.3 is 0 Å². The molecule has 0 saturated carbocycles. The molecule has 8 nitrogen and oxygen atoms in total. The van der Waals surface area contributed by atoms with Crippen molar-refractivity contribution in [3.05, 3.63) is 59.8 Å². The van der Waals surface area contributed by atoms with Crippen molar-refractivity contribution in [3.63, 3.8) is 0 Å². The summed E-state index contributed by atoms with van der Waals surface area (Å²) >= 11 is 0. The number of nitrogens with zero attached hydrogens (tertiary/aromatic N) is 7. The second-order valence-corrected chi connectivity index (χ2v) is 7.38. The highest BCUT2D eigenvalue weighted by Crippen LogP contribution is 2.31. The lowest BCUT2D eigenvalue weighted by molar-refractivity contribution is 0.00751. The van der Waals surface area contributed by atoms with Gasteiger partial charge >= 0.3 is 5.92 Å². The predicted molar refractivity (Wildman–Crippen MR) is 110 cm³/mol. The number of aromatic nitrogens is 8. The lowest BCUT2D eigenvalue weighted by Crippen LogP contribution is -2.11. The van der Waals surface area contributed by atoms with Gasteiger partial charge in [-0.1, -0.05) is 44.2 Å². The van der Waals surface area contributed by atoms with Crippen LogP contribution in [0.2, 0.25) is 0 Å². The molecule has 160 valence electrons. The summed E-state index contributed by atoms with van der Waals surface area (Å²) in [5.74, 6) is -2.81. The van der Waals surface area contributed by atoms with Gasteiger partial charge in [0, 0.05) is 36.7 Å². The Morgan fingerprint density at radius 2 is 1.90 bits per heavy atom. The molecule has 4 aromatic rings. The average Bonchev–Trinajstić information content (AvgIpc) is 3.44. The molecule has 3 heterocycles. The molecule has 1 aromatic carbocycles. The Morgan fingerprint density at radius 3 is 2.52 bits per heavy atom. The molecule has 4 rings (SSSR count). The van der Waals surface area contributed by atoms with Crippen LogP contribution in [0.15, 0.2) is 42.6 Å². The van der Waals surface area contributed by atoms with Crippen LogP contribution in [0, 0.1) is 0 Å². The largest absolute Gasteiger partial charge is 0.305 e. The van der Waals surface area contributed by atoms with E-state index in [-0.39, 0.29) is 5.92 Å². The SMILES string of the molecule is CCCn1nc(C(C)(F)F)nc1C(C)c1ccc(-c2ccccc2-c2nn[nH]n2)nc1. The van der Waals surface area contributed by atoms with Crippen molar-refractivity contribution in [1.29, 1.82) is 0 Å². The molecular weight excluding hydrogens is 402 g/mol. The molecular formula is C21H22F2N8. The van der Waals surface area contributed by atoms with Gasteiger partial charge in [0.1, 0.15) is 5.82 Å². The zero-order valence-electron chi connectivity index (χ0n) is 17.4. The van der Waals surface area contributed by atoms with E-state index in [1.165, 1.54) is 0 Å². The molecule has 0 bridgehead atoms. The quantitative estimate of drug-likeness (QED) is 0.478. The lowest BCUT2D eigenvalue weighted by Gasteiger charge is -2.13. The summed E-state index contributed by atoms with van der Waals surface area (Å²) in [4.78, 5) is 8.76. The highest BCUT2D eigenvalue weighted by atomic mass is 19.3. The van der Waals surface area contributed by atoms with Crippen molar-refractivity contribution < 1.29 is 8.78 Å². The fraction of sp³-hybridized carbons (Fsp3) is 0.333. The maximum atomic E-state index is 13.8. The van der Waals surface area contributed by atoms with E-state index in [9.17, 15) is 8.78 Å². The Hall–Kier alpha value is -3.56. The molecule has 0 spiro atoms. The number of H-pyrrole nitrogens is 1. The van der Waals surface area contributed by atoms with Gasteiger partial charge in [0.05, 0.1) is 5.69 Å². The molecule has 1 N–H and O–H groups in total. The minimum Gasteiger partial charge on any atom is -0.256 e. The van der Waals surface area contributed by atoms with E-state index in [0.29, 0.717) is 18.2 Å². The van der Waals surface area contributed by atoms with E-state index < -0.39 is 11.7 Å². The molecule has 0 amide bonds. The maximum absolute atomic E-state index is 13.8. The summed E-state index contributed by atoms with van der Waals surface area (Å²) in [7, 11) is 0. The lowest BCUT2D eigenvalue weighted by atomic mass is 9.99. The van der Waals surface area contributed by atoms with Crippen LogP contribution in [0.4, 0.5) is 8.78 Å². The molecule has 1 atom stereocenters. The first-order valence-corrected chi connectivity index (χ1v) is 10.0. The van der Waals surface area contributed by atoms with Gasteiger partial charge in [-0.2, -0.15) is 14.0 Å². The van der Waals surface area contributed by atoms with Crippen LogP contribution < -0.4 is 0 Å². The Balaban J connectivity index is 1.66. The van der Waals surface area contributed by atoms with Gasteiger partial charge in [0.2, 0.25) is 11.6 Å². The minimum absolute atomic E-state index is 0.246. The maximum Gasteiger partial charge on any atom is 0.305 e. The van der Waals surface area contributed by atoms with E-state index in [1.54, 1.807) is 10.9 Å². The van der Waals surface area contributed by atoms with Crippen LogP contribution in [-0.4, -0.2) is 40.4 Å². The number of aryl methyl sites for hydroxylation is 1. The first-order chi connectivity index (χ1) is 14.9. The monoisotopic (exact) mass is 424 g/mol. The number of hydrogen-bond acceptors (Lipinski definition) is 6. The summed E-state index contributed by atoms with van der Waals surface area (Å²) in [6.45, 7) is 5.21. The highest BCUT2D eigenvalue weighted by Gasteiger charge is 2.32. The van der Waals surface area contributed by atoms with E-state index >= 15 is 0 Å². The fourth-order valence-corrected chi connectivity index (χ4v) is 3.38. The van der Waals surface area contributed by atoms with Crippen molar-refractivity contribution in [3.8, 4) is 22.6 Å². The molecule has 0 aliphatic heterocycles. The zero-order valence-corrected chi connectivity index (χ0v) is 17.4. The van der Waals surface area contributed by atoms with Gasteiger partial charge in [0.15, 0.2) is 0 Å². The van der Waals surface area contributed by atoms with Crippen molar-refractivity contribution in [1.82, 2.24) is 40.4 Å². The van der Waals surface area contributed by atoms with E-state index in [0.717, 1.165) is 35.7 Å². The molecule has 1 unspecified atom stereocenters. The third-order valence-electron chi connectivity index (χ3n) is 4.99. The average molecular weight is 424 g/mol. The fourth-order valence-electron chi connectivity index (χ4n) is 3.38. The van der Waals surface area contributed by atoms with Crippen molar-refractivity contribution in [2.24, 2.45) is 0 Å². The van der Waals surface area contributed by atoms with Gasteiger partial charge in [-0.3, -0.25) is 4.98 Å². The minimum atomic E-state index is -3.09. The van der Waals surface area contributed by atoms with Crippen LogP contribution in [-0.2, 0) is 12.5 Å². The van der Waals surface area contributed by atoms with Crippen LogP contribution in [0.3, 0.4) is 0 Å². The molecule has 10 heteroatoms. The Bertz CT molecular complexity index is 1150. The van der Waals surface area contributed by atoms with Crippen LogP contribution in [0.5, 0.6) is 0 Å². The number of halogens is 2. The summed E-state index contributed by atoms with van der Waals surface area (Å²) in [6, 6.07) is 11.5. The number of tetrazole rings is 1. The van der Waals surface area contributed by atoms with Crippen LogP contribution >= 0.6 is 0 Å². The van der Waals surface area contributed by atoms with E-state index in [1.807, 2.05) is 50.2 Å². The number of alkyl halides is 2. The Morgan fingerprint density at radius 1 is 1.13 bits per heavy atom. The molecule has 0 fully saturated rings. The number of pyridine rings is 1. The summed E-state index contributed by atoms with van der Waals surface area (Å²) in [5.41, 5.74) is 3.27. The molecule has 0 radical (unpaired) electrons. The van der Waals surface area contributed by atoms with Gasteiger partial charge in [-0.05, 0) is 23.3 Å². The topological polar surface area (TPSA) is 98.1 Å². The van der Waals surface area contributed by atoms with Gasteiger partial charge in [-0.25, -0.2) is 9.67 Å². The number of nitrogens with one attached hydrogen (secondary N) is 1. The predicted octanol–water partition coefficient (Wildman–Crippen LogP) is 4.19. The van der Waals surface area contributed by atoms with E-state index in [4.69, 9.17) is 0 Å². The molecule has 0 aliphatic rings. The molecule has 0 saturated heterocycles. The second kappa shape index (κ2) is 8.29. The summed E-state index contributed by atoms with van der Waals surface area (Å²) < 4.78 is 29.1. The third kappa shape index (κ3) is 4.18. The molecule has 0 aliphatic carbocycles. The number of hydrogen-bond donors (Lipinski definition) is 1. The number of rotatable bonds is 7. The van der Waals surface area contributed by atoms with Crippen LogP contribution in [0.1, 0.15) is 50.3 Å². The first-order valence-electron chi connectivity index (χ1n) is 10.0. The van der Waals surface area contributed by atoms with Crippen LogP contribution in [0.25, 0.3) is 22.6 Å².